The molecule has 6 nitrogen and oxygen atoms in total. The van der Waals surface area contributed by atoms with Gasteiger partial charge in [-0.3, -0.25) is 18.7 Å². The third-order valence-corrected chi connectivity index (χ3v) is 5.15. The summed E-state index contributed by atoms with van der Waals surface area (Å²) < 4.78 is 2.60. The molecule has 2 heterocycles. The molecule has 1 aromatic heterocycles. The zero-order valence-corrected chi connectivity index (χ0v) is 15.2. The molecule has 1 aliphatic rings. The molecule has 0 saturated heterocycles. The van der Waals surface area contributed by atoms with Crippen LogP contribution in [0.4, 0.5) is 5.69 Å². The zero-order chi connectivity index (χ0) is 19.0. The van der Waals surface area contributed by atoms with Gasteiger partial charge in [-0.15, -0.1) is 0 Å². The molecule has 0 saturated carbocycles. The smallest absolute Gasteiger partial charge is 0.311 e. The number of rotatable bonds is 3. The van der Waals surface area contributed by atoms with Gasteiger partial charge in [0.1, 0.15) is 6.54 Å². The normalized spacial score (nSPS) is 13.6. The molecular weight excluding hydrogens is 342 g/mol. The van der Waals surface area contributed by atoms with Crippen LogP contribution < -0.4 is 16.1 Å². The maximum Gasteiger partial charge on any atom is 0.331 e. The van der Waals surface area contributed by atoms with E-state index in [-0.39, 0.29) is 12.5 Å². The minimum absolute atomic E-state index is 0.237. The number of amides is 1. The van der Waals surface area contributed by atoms with Crippen molar-refractivity contribution in [2.45, 2.75) is 32.9 Å². The lowest BCUT2D eigenvalue weighted by atomic mass is 10.0. The van der Waals surface area contributed by atoms with Crippen molar-refractivity contribution in [3.05, 3.63) is 74.9 Å². The Morgan fingerprint density at radius 1 is 1.00 bits per heavy atom. The average Bonchev–Trinajstić information content (AvgIpc) is 2.71. The van der Waals surface area contributed by atoms with Crippen molar-refractivity contribution in [3.8, 4) is 0 Å². The number of hydrogen-bond donors (Lipinski definition) is 0. The van der Waals surface area contributed by atoms with Gasteiger partial charge in [0.05, 0.1) is 10.9 Å². The van der Waals surface area contributed by atoms with E-state index in [1.807, 2.05) is 31.2 Å². The fourth-order valence-electron chi connectivity index (χ4n) is 3.83. The van der Waals surface area contributed by atoms with E-state index in [1.165, 1.54) is 4.57 Å². The van der Waals surface area contributed by atoms with Crippen LogP contribution in [0.5, 0.6) is 0 Å². The highest BCUT2D eigenvalue weighted by atomic mass is 16.2. The van der Waals surface area contributed by atoms with Gasteiger partial charge in [0.25, 0.3) is 5.56 Å². The second-order valence-corrected chi connectivity index (χ2v) is 6.71. The Bertz CT molecular complexity index is 1140. The molecule has 0 aliphatic carbocycles. The molecular formula is C21H21N3O3. The molecule has 0 fully saturated rings. The van der Waals surface area contributed by atoms with Gasteiger partial charge < -0.3 is 4.90 Å². The van der Waals surface area contributed by atoms with Crippen molar-refractivity contribution in [3.63, 3.8) is 0 Å². The van der Waals surface area contributed by atoms with Crippen molar-refractivity contribution >= 4 is 22.5 Å². The lowest BCUT2D eigenvalue weighted by Crippen LogP contribution is -2.46. The molecule has 3 aromatic rings. The number of fused-ring (bicyclic) bond motifs is 2. The number of nitrogens with zero attached hydrogens (tertiary/aromatic N) is 3. The van der Waals surface area contributed by atoms with E-state index in [0.717, 1.165) is 28.7 Å². The number of anilines is 1. The molecule has 138 valence electrons. The largest absolute Gasteiger partial charge is 0.331 e. The van der Waals surface area contributed by atoms with Crippen molar-refractivity contribution < 1.29 is 4.79 Å². The Morgan fingerprint density at radius 3 is 2.56 bits per heavy atom. The fraction of sp³-hybridized carbons (Fsp3) is 0.286. The Morgan fingerprint density at radius 2 is 1.74 bits per heavy atom. The summed E-state index contributed by atoms with van der Waals surface area (Å²) in [6.07, 6.45) is 1.80. The molecule has 2 aromatic carbocycles. The van der Waals surface area contributed by atoms with Crippen molar-refractivity contribution in [1.29, 1.82) is 0 Å². The number of aromatic nitrogens is 2. The highest BCUT2D eigenvalue weighted by Gasteiger charge is 2.24. The average molecular weight is 363 g/mol. The molecule has 1 aliphatic heterocycles. The van der Waals surface area contributed by atoms with E-state index in [0.29, 0.717) is 24.0 Å². The predicted octanol–water partition coefficient (Wildman–Crippen LogP) is 2.16. The first-order valence-corrected chi connectivity index (χ1v) is 9.22. The second-order valence-electron chi connectivity index (χ2n) is 6.71. The lowest BCUT2D eigenvalue weighted by molar-refractivity contribution is -0.119. The molecule has 0 unspecified atom stereocenters. The third kappa shape index (κ3) is 2.87. The van der Waals surface area contributed by atoms with Crippen LogP contribution in [0.3, 0.4) is 0 Å². The quantitative estimate of drug-likeness (QED) is 0.716. The molecule has 0 spiro atoms. The Hall–Kier alpha value is -3.15. The maximum absolute atomic E-state index is 13.0. The zero-order valence-electron chi connectivity index (χ0n) is 15.2. The highest BCUT2D eigenvalue weighted by Crippen LogP contribution is 2.26. The van der Waals surface area contributed by atoms with E-state index in [1.54, 1.807) is 29.2 Å². The number of para-hydroxylation sites is 2. The monoisotopic (exact) mass is 363 g/mol. The van der Waals surface area contributed by atoms with Gasteiger partial charge in [0.15, 0.2) is 0 Å². The van der Waals surface area contributed by atoms with Crippen LogP contribution in [0.15, 0.2) is 58.1 Å². The molecule has 6 heteroatoms. The van der Waals surface area contributed by atoms with Gasteiger partial charge in [-0.05, 0) is 43.5 Å². The van der Waals surface area contributed by atoms with Gasteiger partial charge in [-0.25, -0.2) is 4.79 Å². The fourth-order valence-corrected chi connectivity index (χ4v) is 3.83. The van der Waals surface area contributed by atoms with Crippen LogP contribution in [0, 0.1) is 0 Å². The summed E-state index contributed by atoms with van der Waals surface area (Å²) in [5.41, 5.74) is 1.73. The molecule has 0 atom stereocenters. The summed E-state index contributed by atoms with van der Waals surface area (Å²) in [5, 5.41) is 0.450. The Balaban J connectivity index is 1.78. The van der Waals surface area contributed by atoms with Gasteiger partial charge in [0, 0.05) is 18.8 Å². The minimum atomic E-state index is -0.445. The Labute approximate surface area is 156 Å². The van der Waals surface area contributed by atoms with Crippen LogP contribution in [0.2, 0.25) is 0 Å². The number of aryl methyl sites for hydroxylation is 2. The van der Waals surface area contributed by atoms with Crippen molar-refractivity contribution in [1.82, 2.24) is 9.13 Å². The van der Waals surface area contributed by atoms with Crippen LogP contribution in [-0.2, 0) is 24.3 Å². The van der Waals surface area contributed by atoms with Crippen molar-refractivity contribution in [2.75, 3.05) is 11.4 Å². The first-order chi connectivity index (χ1) is 13.1. The first-order valence-electron chi connectivity index (χ1n) is 9.22. The minimum Gasteiger partial charge on any atom is -0.311 e. The predicted molar refractivity (Wildman–Crippen MR) is 105 cm³/mol. The summed E-state index contributed by atoms with van der Waals surface area (Å²) in [5.74, 6) is -0.237. The summed E-state index contributed by atoms with van der Waals surface area (Å²) in [7, 11) is 0. The number of benzene rings is 2. The summed E-state index contributed by atoms with van der Waals surface area (Å²) in [6, 6.07) is 14.8. The molecule has 0 bridgehead atoms. The van der Waals surface area contributed by atoms with Gasteiger partial charge in [-0.1, -0.05) is 30.3 Å². The SMILES string of the molecule is CCn1c(=O)n(CC(=O)N2CCCc3ccccc32)c(=O)c2ccccc21. The van der Waals surface area contributed by atoms with E-state index < -0.39 is 11.2 Å². The van der Waals surface area contributed by atoms with Gasteiger partial charge >= 0.3 is 5.69 Å². The summed E-state index contributed by atoms with van der Waals surface area (Å²) >= 11 is 0. The number of hydrogen-bond acceptors (Lipinski definition) is 3. The third-order valence-electron chi connectivity index (χ3n) is 5.15. The van der Waals surface area contributed by atoms with Crippen LogP contribution in [0.1, 0.15) is 18.9 Å². The maximum atomic E-state index is 13.0. The van der Waals surface area contributed by atoms with E-state index in [2.05, 4.69) is 0 Å². The Kier molecular flexibility index (Phi) is 4.39. The van der Waals surface area contributed by atoms with Crippen LogP contribution in [0.25, 0.3) is 10.9 Å². The second kappa shape index (κ2) is 6.87. The molecule has 1 amide bonds. The van der Waals surface area contributed by atoms with E-state index >= 15 is 0 Å². The molecule has 4 rings (SSSR count). The number of carbonyl (C=O) groups is 1. The standard InChI is InChI=1S/C21H21N3O3/c1-2-22-18-12-6-4-10-16(18)20(26)24(21(22)27)14-19(25)23-13-7-9-15-8-3-5-11-17(15)23/h3-6,8,10-12H,2,7,9,13-14H2,1H3. The van der Waals surface area contributed by atoms with Gasteiger partial charge in [0.2, 0.25) is 5.91 Å². The lowest BCUT2D eigenvalue weighted by Gasteiger charge is -2.29. The topological polar surface area (TPSA) is 64.3 Å². The van der Waals surface area contributed by atoms with Crippen LogP contribution >= 0.6 is 0 Å². The first kappa shape index (κ1) is 17.3. The van der Waals surface area contributed by atoms with Gasteiger partial charge in [-0.2, -0.15) is 0 Å². The summed E-state index contributed by atoms with van der Waals surface area (Å²) in [4.78, 5) is 40.4. The van der Waals surface area contributed by atoms with E-state index in [9.17, 15) is 14.4 Å². The molecule has 0 N–H and O–H groups in total. The number of carbonyl (C=O) groups excluding carboxylic acids is 1. The van der Waals surface area contributed by atoms with Crippen LogP contribution in [-0.4, -0.2) is 21.6 Å². The van der Waals surface area contributed by atoms with E-state index in [4.69, 9.17) is 0 Å². The van der Waals surface area contributed by atoms with Crippen molar-refractivity contribution in [2.24, 2.45) is 0 Å². The highest BCUT2D eigenvalue weighted by molar-refractivity contribution is 5.94. The molecule has 0 radical (unpaired) electrons. The molecule has 27 heavy (non-hydrogen) atoms. The summed E-state index contributed by atoms with van der Waals surface area (Å²) in [6.45, 7) is 2.63.